The Balaban J connectivity index is 2.42. The highest BCUT2D eigenvalue weighted by Crippen LogP contribution is 2.17. The molecule has 1 aliphatic heterocycles. The molecule has 1 heterocycles. The second-order valence-electron chi connectivity index (χ2n) is 5.49. The molecule has 0 spiro atoms. The monoisotopic (exact) mass is 258 g/mol. The van der Waals surface area contributed by atoms with Crippen LogP contribution in [0.5, 0.6) is 0 Å². The number of piperazine rings is 1. The van der Waals surface area contributed by atoms with Crippen molar-refractivity contribution in [2.45, 2.75) is 52.6 Å². The van der Waals surface area contributed by atoms with E-state index in [0.717, 1.165) is 12.0 Å². The van der Waals surface area contributed by atoms with Gasteiger partial charge < -0.3 is 5.32 Å². The molecule has 1 aliphatic rings. The van der Waals surface area contributed by atoms with Gasteiger partial charge in [-0.2, -0.15) is 11.8 Å². The number of thioether (sulfide) groups is 1. The van der Waals surface area contributed by atoms with Crippen molar-refractivity contribution in [3.8, 4) is 0 Å². The Kier molecular flexibility index (Phi) is 7.56. The highest BCUT2D eigenvalue weighted by Gasteiger charge is 2.26. The highest BCUT2D eigenvalue weighted by atomic mass is 32.2. The molecule has 2 atom stereocenters. The predicted molar refractivity (Wildman–Crippen MR) is 79.9 cm³/mol. The fourth-order valence-electron chi connectivity index (χ4n) is 2.58. The SMILES string of the molecule is CCSCCN1CC(CC)NCC1CC(C)C. The first-order chi connectivity index (χ1) is 8.17. The van der Waals surface area contributed by atoms with Crippen LogP contribution in [-0.2, 0) is 0 Å². The number of nitrogens with one attached hydrogen (secondary N) is 1. The molecule has 0 aromatic carbocycles. The van der Waals surface area contributed by atoms with Crippen LogP contribution in [-0.4, -0.2) is 48.1 Å². The summed E-state index contributed by atoms with van der Waals surface area (Å²) in [6.45, 7) is 12.9. The van der Waals surface area contributed by atoms with E-state index in [1.807, 2.05) is 0 Å². The van der Waals surface area contributed by atoms with E-state index in [2.05, 4.69) is 49.7 Å². The van der Waals surface area contributed by atoms with Gasteiger partial charge in [0.2, 0.25) is 0 Å². The van der Waals surface area contributed by atoms with Gasteiger partial charge in [0.25, 0.3) is 0 Å². The molecule has 0 bridgehead atoms. The van der Waals surface area contributed by atoms with Crippen molar-refractivity contribution >= 4 is 11.8 Å². The molecule has 17 heavy (non-hydrogen) atoms. The molecular formula is C14H30N2S. The first kappa shape index (κ1) is 15.3. The van der Waals surface area contributed by atoms with Crippen LogP contribution in [0.1, 0.15) is 40.5 Å². The zero-order chi connectivity index (χ0) is 12.7. The lowest BCUT2D eigenvalue weighted by molar-refractivity contribution is 0.120. The molecule has 0 radical (unpaired) electrons. The molecule has 2 unspecified atom stereocenters. The summed E-state index contributed by atoms with van der Waals surface area (Å²) in [5, 5.41) is 3.70. The van der Waals surface area contributed by atoms with Gasteiger partial charge in [-0.1, -0.05) is 27.7 Å². The third-order valence-electron chi connectivity index (χ3n) is 3.58. The third-order valence-corrected chi connectivity index (χ3v) is 4.46. The third kappa shape index (κ3) is 5.62. The standard InChI is InChI=1S/C14H30N2S/c1-5-13-11-16(7-8-17-6-2)14(10-15-13)9-12(3)4/h12-15H,5-11H2,1-4H3. The molecule has 1 saturated heterocycles. The van der Waals surface area contributed by atoms with Gasteiger partial charge >= 0.3 is 0 Å². The Morgan fingerprint density at radius 3 is 2.71 bits per heavy atom. The summed E-state index contributed by atoms with van der Waals surface area (Å²) >= 11 is 2.07. The molecule has 0 aliphatic carbocycles. The molecule has 0 aromatic rings. The van der Waals surface area contributed by atoms with Gasteiger partial charge in [0, 0.05) is 37.5 Å². The summed E-state index contributed by atoms with van der Waals surface area (Å²) in [6, 6.07) is 1.47. The molecule has 1 fully saturated rings. The molecule has 102 valence electrons. The minimum Gasteiger partial charge on any atom is -0.311 e. The molecule has 3 heteroatoms. The fraction of sp³-hybridized carbons (Fsp3) is 1.00. The Morgan fingerprint density at radius 1 is 1.35 bits per heavy atom. The summed E-state index contributed by atoms with van der Waals surface area (Å²) in [4.78, 5) is 2.73. The van der Waals surface area contributed by atoms with Gasteiger partial charge in [0.05, 0.1) is 0 Å². The van der Waals surface area contributed by atoms with Crippen molar-refractivity contribution in [2.75, 3.05) is 31.1 Å². The number of hydrogen-bond acceptors (Lipinski definition) is 3. The van der Waals surface area contributed by atoms with E-state index >= 15 is 0 Å². The molecule has 0 saturated carbocycles. The maximum absolute atomic E-state index is 3.70. The van der Waals surface area contributed by atoms with Crippen molar-refractivity contribution in [3.63, 3.8) is 0 Å². The minimum atomic E-state index is 0.713. The zero-order valence-corrected chi connectivity index (χ0v) is 12.9. The van der Waals surface area contributed by atoms with E-state index < -0.39 is 0 Å². The lowest BCUT2D eigenvalue weighted by atomic mass is 9.98. The quantitative estimate of drug-likeness (QED) is 0.707. The van der Waals surface area contributed by atoms with Crippen molar-refractivity contribution in [3.05, 3.63) is 0 Å². The molecule has 0 aromatic heterocycles. The molecule has 1 N–H and O–H groups in total. The summed E-state index contributed by atoms with van der Waals surface area (Å²) < 4.78 is 0. The summed E-state index contributed by atoms with van der Waals surface area (Å²) in [5.41, 5.74) is 0. The van der Waals surface area contributed by atoms with E-state index in [1.54, 1.807) is 0 Å². The lowest BCUT2D eigenvalue weighted by Gasteiger charge is -2.41. The molecular weight excluding hydrogens is 228 g/mol. The maximum atomic E-state index is 3.70. The number of nitrogens with zero attached hydrogens (tertiary/aromatic N) is 1. The highest BCUT2D eigenvalue weighted by molar-refractivity contribution is 7.99. The van der Waals surface area contributed by atoms with Crippen LogP contribution in [0, 0.1) is 5.92 Å². The van der Waals surface area contributed by atoms with Gasteiger partial charge in [0.1, 0.15) is 0 Å². The fourth-order valence-corrected chi connectivity index (χ4v) is 3.23. The molecule has 1 rings (SSSR count). The normalized spacial score (nSPS) is 26.6. The van der Waals surface area contributed by atoms with Crippen molar-refractivity contribution in [1.82, 2.24) is 10.2 Å². The van der Waals surface area contributed by atoms with Gasteiger partial charge in [-0.05, 0) is 24.5 Å². The van der Waals surface area contributed by atoms with Gasteiger partial charge in [-0.3, -0.25) is 4.90 Å². The Labute approximate surface area is 112 Å². The van der Waals surface area contributed by atoms with E-state index in [0.29, 0.717) is 6.04 Å². The van der Waals surface area contributed by atoms with Crippen LogP contribution in [0.25, 0.3) is 0 Å². The summed E-state index contributed by atoms with van der Waals surface area (Å²) in [7, 11) is 0. The summed E-state index contributed by atoms with van der Waals surface area (Å²) in [6.07, 6.45) is 2.59. The Morgan fingerprint density at radius 2 is 2.12 bits per heavy atom. The molecule has 0 amide bonds. The first-order valence-electron chi connectivity index (χ1n) is 7.22. The van der Waals surface area contributed by atoms with Crippen molar-refractivity contribution in [2.24, 2.45) is 5.92 Å². The summed E-state index contributed by atoms with van der Waals surface area (Å²) in [5.74, 6) is 3.35. The Hall–Kier alpha value is 0.270. The first-order valence-corrected chi connectivity index (χ1v) is 8.38. The lowest BCUT2D eigenvalue weighted by Crippen LogP contribution is -2.57. The minimum absolute atomic E-state index is 0.713. The largest absolute Gasteiger partial charge is 0.311 e. The average molecular weight is 258 g/mol. The topological polar surface area (TPSA) is 15.3 Å². The van der Waals surface area contributed by atoms with Crippen LogP contribution in [0.4, 0.5) is 0 Å². The van der Waals surface area contributed by atoms with Crippen molar-refractivity contribution < 1.29 is 0 Å². The van der Waals surface area contributed by atoms with Gasteiger partial charge in [0.15, 0.2) is 0 Å². The molecule has 2 nitrogen and oxygen atoms in total. The Bertz CT molecular complexity index is 197. The van der Waals surface area contributed by atoms with Crippen LogP contribution >= 0.6 is 11.8 Å². The van der Waals surface area contributed by atoms with Crippen LogP contribution in [0.15, 0.2) is 0 Å². The van der Waals surface area contributed by atoms with Crippen LogP contribution in [0.2, 0.25) is 0 Å². The second kappa shape index (κ2) is 8.39. The van der Waals surface area contributed by atoms with E-state index in [-0.39, 0.29) is 0 Å². The van der Waals surface area contributed by atoms with Gasteiger partial charge in [-0.15, -0.1) is 0 Å². The zero-order valence-electron chi connectivity index (χ0n) is 12.0. The average Bonchev–Trinajstić information content (AvgIpc) is 2.30. The van der Waals surface area contributed by atoms with Crippen LogP contribution in [0.3, 0.4) is 0 Å². The van der Waals surface area contributed by atoms with E-state index in [1.165, 1.54) is 44.0 Å². The number of rotatable bonds is 7. The maximum Gasteiger partial charge on any atom is 0.0224 e. The number of hydrogen-bond donors (Lipinski definition) is 1. The van der Waals surface area contributed by atoms with Crippen molar-refractivity contribution in [1.29, 1.82) is 0 Å². The predicted octanol–water partition coefficient (Wildman–Crippen LogP) is 2.84. The van der Waals surface area contributed by atoms with E-state index in [4.69, 9.17) is 0 Å². The van der Waals surface area contributed by atoms with Gasteiger partial charge in [-0.25, -0.2) is 0 Å². The second-order valence-corrected chi connectivity index (χ2v) is 6.88. The van der Waals surface area contributed by atoms with Crippen LogP contribution < -0.4 is 5.32 Å². The smallest absolute Gasteiger partial charge is 0.0224 e. The van der Waals surface area contributed by atoms with E-state index in [9.17, 15) is 0 Å².